The van der Waals surface area contributed by atoms with Gasteiger partial charge in [-0.05, 0) is 39.5 Å². The van der Waals surface area contributed by atoms with Crippen LogP contribution in [0.4, 0.5) is 0 Å². The molecule has 1 spiro atoms. The highest BCUT2D eigenvalue weighted by Gasteiger charge is 2.82. The molecule has 6 bridgehead atoms. The maximum Gasteiger partial charge on any atom is 0.331 e. The van der Waals surface area contributed by atoms with E-state index in [-0.39, 0.29) is 18.6 Å². The lowest BCUT2D eigenvalue weighted by Gasteiger charge is -2.69. The molecule has 9 atom stereocenters. The Labute approximate surface area is 218 Å². The van der Waals surface area contributed by atoms with Gasteiger partial charge in [-0.25, -0.2) is 9.59 Å². The van der Waals surface area contributed by atoms with Gasteiger partial charge >= 0.3 is 11.9 Å². The van der Waals surface area contributed by atoms with Gasteiger partial charge in [-0.3, -0.25) is 0 Å². The highest BCUT2D eigenvalue weighted by molar-refractivity contribution is 5.83. The van der Waals surface area contributed by atoms with Gasteiger partial charge in [0.2, 0.25) is 0 Å². The molecule has 0 aromatic carbocycles. The van der Waals surface area contributed by atoms with Gasteiger partial charge in [0.25, 0.3) is 0 Å². The number of hydrogen-bond donors (Lipinski definition) is 2. The minimum Gasteiger partial charge on any atom is -0.462 e. The molecule has 6 rings (SSSR count). The second-order valence-electron chi connectivity index (χ2n) is 11.6. The van der Waals surface area contributed by atoms with E-state index < -0.39 is 52.8 Å². The van der Waals surface area contributed by atoms with E-state index in [1.54, 1.807) is 25.2 Å². The van der Waals surface area contributed by atoms with Gasteiger partial charge in [0.05, 0.1) is 24.9 Å². The first-order valence-electron chi connectivity index (χ1n) is 13.3. The number of rotatable bonds is 1. The zero-order chi connectivity index (χ0) is 26.6. The monoisotopic (exact) mass is 514 g/mol. The molecule has 0 radical (unpaired) electrons. The van der Waals surface area contributed by atoms with Crippen molar-refractivity contribution in [2.45, 2.75) is 89.0 Å². The first-order chi connectivity index (χ1) is 17.5. The summed E-state index contributed by atoms with van der Waals surface area (Å²) in [5, 5.41) is 22.2. The molecule has 2 N–H and O–H groups in total. The van der Waals surface area contributed by atoms with Crippen molar-refractivity contribution in [3.8, 4) is 0 Å². The van der Waals surface area contributed by atoms with Gasteiger partial charge in [0.15, 0.2) is 0 Å². The molecule has 0 amide bonds. The van der Waals surface area contributed by atoms with Crippen molar-refractivity contribution in [2.75, 3.05) is 13.2 Å². The van der Waals surface area contributed by atoms with Crippen molar-refractivity contribution in [1.82, 2.24) is 0 Å². The fraction of sp³-hybridized carbons (Fsp3) is 0.655. The van der Waals surface area contributed by atoms with Crippen LogP contribution in [0, 0.1) is 16.7 Å². The van der Waals surface area contributed by atoms with Gasteiger partial charge in [0, 0.05) is 35.3 Å². The van der Waals surface area contributed by atoms with Gasteiger partial charge in [-0.1, -0.05) is 42.9 Å². The summed E-state index contributed by atoms with van der Waals surface area (Å²) in [4.78, 5) is 25.8. The van der Waals surface area contributed by atoms with E-state index in [2.05, 4.69) is 6.58 Å². The maximum absolute atomic E-state index is 12.9. The predicted molar refractivity (Wildman–Crippen MR) is 134 cm³/mol. The number of esters is 2. The zero-order valence-corrected chi connectivity index (χ0v) is 21.9. The Morgan fingerprint density at radius 2 is 1.95 bits per heavy atom. The second kappa shape index (κ2) is 9.49. The summed E-state index contributed by atoms with van der Waals surface area (Å²) in [6.07, 6.45) is 7.75. The molecule has 0 aromatic heterocycles. The van der Waals surface area contributed by atoms with Crippen molar-refractivity contribution in [1.29, 1.82) is 0 Å². The molecule has 8 nitrogen and oxygen atoms in total. The second-order valence-corrected chi connectivity index (χ2v) is 11.6. The highest BCUT2D eigenvalue weighted by atomic mass is 16.6. The molecule has 8 heteroatoms. The largest absolute Gasteiger partial charge is 0.462 e. The molecule has 9 unspecified atom stereocenters. The standard InChI is InChI=1S/C29H38O8/c1-17-10-12-34-21(19(3)30)7-5-6-8-24(31)36-22-14-23-29(33)15-20-18(2)9-11-28(26(20)37-23,27(22,29)4)16-35-25(32)13-17/h5-8,13,19-23,26,30,33H,2,9-12,14-16H2,1,3-4H3. The molecule has 3 saturated carbocycles. The van der Waals surface area contributed by atoms with E-state index in [1.165, 1.54) is 12.2 Å². The number of aliphatic hydroxyl groups excluding tert-OH is 1. The fourth-order valence-electron chi connectivity index (χ4n) is 7.54. The predicted octanol–water partition coefficient (Wildman–Crippen LogP) is 2.93. The summed E-state index contributed by atoms with van der Waals surface area (Å²) >= 11 is 0. The van der Waals surface area contributed by atoms with Crippen LogP contribution in [0.3, 0.4) is 0 Å². The van der Waals surface area contributed by atoms with Crippen molar-refractivity contribution in [3.63, 3.8) is 0 Å². The van der Waals surface area contributed by atoms with Crippen molar-refractivity contribution in [2.24, 2.45) is 16.7 Å². The summed E-state index contributed by atoms with van der Waals surface area (Å²) in [5.74, 6) is -1.03. The lowest BCUT2D eigenvalue weighted by Crippen LogP contribution is -2.77. The van der Waals surface area contributed by atoms with Crippen LogP contribution in [0.15, 0.2) is 48.1 Å². The van der Waals surface area contributed by atoms with Crippen molar-refractivity contribution >= 4 is 11.9 Å². The molecular formula is C29H38O8. The number of carbonyl (C=O) groups excluding carboxylic acids is 2. The third-order valence-electron chi connectivity index (χ3n) is 9.73. The third kappa shape index (κ3) is 4.04. The Morgan fingerprint density at radius 3 is 2.70 bits per heavy atom. The van der Waals surface area contributed by atoms with Crippen molar-refractivity contribution < 1.29 is 38.7 Å². The first kappa shape index (κ1) is 26.4. The van der Waals surface area contributed by atoms with Gasteiger partial charge in [0.1, 0.15) is 24.4 Å². The molecular weight excluding hydrogens is 476 g/mol. The Hall–Kier alpha value is -2.26. The number of cyclic esters (lactones) is 1. The van der Waals surface area contributed by atoms with Gasteiger partial charge in [-0.2, -0.15) is 0 Å². The Bertz CT molecular complexity index is 1060. The van der Waals surface area contributed by atoms with Crippen LogP contribution in [0.1, 0.15) is 52.9 Å². The topological polar surface area (TPSA) is 112 Å². The molecule has 2 saturated heterocycles. The van der Waals surface area contributed by atoms with Crippen molar-refractivity contribution in [3.05, 3.63) is 48.1 Å². The Morgan fingerprint density at radius 1 is 1.16 bits per heavy atom. The molecule has 6 aliphatic rings. The van der Waals surface area contributed by atoms with Crippen LogP contribution in [0.2, 0.25) is 0 Å². The first-order valence-corrected chi connectivity index (χ1v) is 13.3. The van der Waals surface area contributed by atoms with Gasteiger partial charge in [-0.15, -0.1) is 0 Å². The zero-order valence-electron chi connectivity index (χ0n) is 21.9. The highest BCUT2D eigenvalue weighted by Crippen LogP contribution is 2.74. The lowest BCUT2D eigenvalue weighted by atomic mass is 9.41. The number of ether oxygens (including phenoxy) is 4. The number of aliphatic hydroxyl groups is 2. The minimum atomic E-state index is -1.23. The smallest absolute Gasteiger partial charge is 0.331 e. The van der Waals surface area contributed by atoms with E-state index in [0.717, 1.165) is 17.6 Å². The van der Waals surface area contributed by atoms with Crippen LogP contribution in [0.25, 0.3) is 0 Å². The third-order valence-corrected chi connectivity index (χ3v) is 9.73. The van der Waals surface area contributed by atoms with Crippen LogP contribution in [-0.4, -0.2) is 71.5 Å². The molecule has 37 heavy (non-hydrogen) atoms. The van der Waals surface area contributed by atoms with Crippen LogP contribution in [-0.2, 0) is 28.5 Å². The maximum atomic E-state index is 12.9. The average molecular weight is 515 g/mol. The Kier molecular flexibility index (Phi) is 6.76. The number of carbonyl (C=O) groups is 2. The molecule has 202 valence electrons. The van der Waals surface area contributed by atoms with E-state index >= 15 is 0 Å². The van der Waals surface area contributed by atoms with Crippen LogP contribution < -0.4 is 0 Å². The molecule has 5 fully saturated rings. The lowest BCUT2D eigenvalue weighted by molar-refractivity contribution is -0.349. The SMILES string of the molecule is C=C1CCC23COC(=O)C=C(C)CCOC(C(C)O)C=CC=CC(=O)OC4CC5OC2C1CC5(O)C43C. The van der Waals surface area contributed by atoms with Gasteiger partial charge < -0.3 is 29.2 Å². The molecule has 3 aliphatic heterocycles. The minimum absolute atomic E-state index is 0.0320. The number of hydrogen-bond acceptors (Lipinski definition) is 8. The summed E-state index contributed by atoms with van der Waals surface area (Å²) in [6.45, 7) is 10.1. The van der Waals surface area contributed by atoms with E-state index in [0.29, 0.717) is 32.3 Å². The fourth-order valence-corrected chi connectivity index (χ4v) is 7.54. The molecule has 0 aromatic rings. The van der Waals surface area contributed by atoms with E-state index in [4.69, 9.17) is 18.9 Å². The van der Waals surface area contributed by atoms with E-state index in [9.17, 15) is 19.8 Å². The Balaban J connectivity index is 1.51. The number of allylic oxidation sites excluding steroid dienone is 2. The average Bonchev–Trinajstić information content (AvgIpc) is 2.98. The molecule has 3 heterocycles. The normalized spacial score (nSPS) is 44.9. The van der Waals surface area contributed by atoms with E-state index in [1.807, 2.05) is 13.8 Å². The summed E-state index contributed by atoms with van der Waals surface area (Å²) in [6, 6.07) is 0. The quantitative estimate of drug-likeness (QED) is 0.406. The van der Waals surface area contributed by atoms with Crippen LogP contribution in [0.5, 0.6) is 0 Å². The summed E-state index contributed by atoms with van der Waals surface area (Å²) in [5.41, 5.74) is -0.961. The summed E-state index contributed by atoms with van der Waals surface area (Å²) in [7, 11) is 0. The summed E-state index contributed by atoms with van der Waals surface area (Å²) < 4.78 is 24.1. The molecule has 3 aliphatic carbocycles. The van der Waals surface area contributed by atoms with Crippen LogP contribution >= 0.6 is 0 Å².